The number of methoxy groups -OCH3 is 1. The molecule has 1 aromatic carbocycles. The van der Waals surface area contributed by atoms with Crippen molar-refractivity contribution in [3.63, 3.8) is 0 Å². The van der Waals surface area contributed by atoms with E-state index in [9.17, 15) is 0 Å². The lowest BCUT2D eigenvalue weighted by Crippen LogP contribution is -1.87. The summed E-state index contributed by atoms with van der Waals surface area (Å²) in [4.78, 5) is 0. The summed E-state index contributed by atoms with van der Waals surface area (Å²) >= 11 is 0. The molecule has 0 spiro atoms. The van der Waals surface area contributed by atoms with Crippen molar-refractivity contribution in [1.82, 2.24) is 0 Å². The zero-order valence-corrected chi connectivity index (χ0v) is 7.51. The van der Waals surface area contributed by atoms with Crippen molar-refractivity contribution >= 4 is 5.69 Å². The van der Waals surface area contributed by atoms with Crippen LogP contribution >= 0.6 is 0 Å². The van der Waals surface area contributed by atoms with Crippen LogP contribution in [0.15, 0.2) is 17.2 Å². The highest BCUT2D eigenvalue weighted by molar-refractivity contribution is 5.58. The van der Waals surface area contributed by atoms with E-state index in [4.69, 9.17) is 10.3 Å². The molecule has 3 heteroatoms. The van der Waals surface area contributed by atoms with Crippen molar-refractivity contribution in [2.45, 2.75) is 13.8 Å². The van der Waals surface area contributed by atoms with Crippen LogP contribution in [0, 0.1) is 19.4 Å². The van der Waals surface area contributed by atoms with Gasteiger partial charge in [-0.05, 0) is 31.0 Å². The van der Waals surface area contributed by atoms with E-state index in [1.165, 1.54) is 0 Å². The fourth-order valence-electron chi connectivity index (χ4n) is 1.22. The second kappa shape index (κ2) is 3.34. The minimum atomic E-state index is 0.614. The Balaban J connectivity index is 3.33. The van der Waals surface area contributed by atoms with Crippen LogP contribution in [0.5, 0.6) is 5.75 Å². The van der Waals surface area contributed by atoms with Crippen LogP contribution in [0.4, 0.5) is 5.69 Å². The highest BCUT2D eigenvalue weighted by Gasteiger charge is 2.05. The van der Waals surface area contributed by atoms with E-state index in [-0.39, 0.29) is 0 Å². The van der Waals surface area contributed by atoms with Gasteiger partial charge in [-0.3, -0.25) is 0 Å². The minimum Gasteiger partial charge on any atom is -0.494 e. The molecule has 0 amide bonds. The first-order valence-corrected chi connectivity index (χ1v) is 3.71. The molecule has 0 saturated carbocycles. The molecule has 0 radical (unpaired) electrons. The van der Waals surface area contributed by atoms with Crippen LogP contribution in [0.25, 0.3) is 0 Å². The number of benzene rings is 1. The van der Waals surface area contributed by atoms with Crippen LogP contribution in [-0.4, -0.2) is 7.11 Å². The first kappa shape index (κ1) is 8.71. The molecule has 64 valence electrons. The van der Waals surface area contributed by atoms with Crippen molar-refractivity contribution in [3.8, 4) is 5.75 Å². The second-order valence-corrected chi connectivity index (χ2v) is 2.74. The van der Waals surface area contributed by atoms with Crippen molar-refractivity contribution in [2.24, 2.45) is 5.11 Å². The Labute approximate surface area is 71.9 Å². The van der Waals surface area contributed by atoms with Crippen LogP contribution in [0.1, 0.15) is 11.1 Å². The van der Waals surface area contributed by atoms with Crippen molar-refractivity contribution in [2.75, 3.05) is 7.11 Å². The van der Waals surface area contributed by atoms with Gasteiger partial charge in [0.25, 0.3) is 0 Å². The van der Waals surface area contributed by atoms with E-state index >= 15 is 0 Å². The molecule has 1 aromatic rings. The molecule has 0 aliphatic carbocycles. The van der Waals surface area contributed by atoms with Crippen molar-refractivity contribution in [1.29, 1.82) is 5.53 Å². The summed E-state index contributed by atoms with van der Waals surface area (Å²) in [6, 6.07) is 3.86. The standard InChI is InChI=1S/C9H12N2O/c1-6-4-7(2)9(11-10)8(5-6)12-3/h4-5,10H,1-3H3. The van der Waals surface area contributed by atoms with Gasteiger partial charge in [-0.1, -0.05) is 6.07 Å². The number of aryl methyl sites for hydroxylation is 2. The summed E-state index contributed by atoms with van der Waals surface area (Å²) in [5, 5.41) is 3.41. The Kier molecular flexibility index (Phi) is 2.43. The maximum Gasteiger partial charge on any atom is 0.146 e. The highest BCUT2D eigenvalue weighted by atomic mass is 16.5. The Bertz CT molecular complexity index is 308. The summed E-state index contributed by atoms with van der Waals surface area (Å²) in [7, 11) is 1.59. The van der Waals surface area contributed by atoms with E-state index in [2.05, 4.69) is 5.11 Å². The molecular weight excluding hydrogens is 152 g/mol. The zero-order chi connectivity index (χ0) is 9.14. The molecule has 0 saturated heterocycles. The topological polar surface area (TPSA) is 45.4 Å². The molecule has 0 unspecified atom stereocenters. The van der Waals surface area contributed by atoms with Gasteiger partial charge in [0.2, 0.25) is 0 Å². The van der Waals surface area contributed by atoms with Gasteiger partial charge in [0.05, 0.1) is 7.11 Å². The molecule has 0 atom stereocenters. The molecule has 1 rings (SSSR count). The monoisotopic (exact) mass is 164 g/mol. The largest absolute Gasteiger partial charge is 0.494 e. The van der Waals surface area contributed by atoms with Crippen LogP contribution in [0.2, 0.25) is 0 Å². The zero-order valence-electron chi connectivity index (χ0n) is 7.51. The first-order valence-electron chi connectivity index (χ1n) is 3.71. The first-order chi connectivity index (χ1) is 5.69. The van der Waals surface area contributed by atoms with Gasteiger partial charge >= 0.3 is 0 Å². The van der Waals surface area contributed by atoms with Gasteiger partial charge in [0.15, 0.2) is 0 Å². The van der Waals surface area contributed by atoms with Gasteiger partial charge in [0, 0.05) is 0 Å². The third-order valence-corrected chi connectivity index (χ3v) is 1.74. The fraction of sp³-hybridized carbons (Fsp3) is 0.333. The van der Waals surface area contributed by atoms with Crippen LogP contribution in [0.3, 0.4) is 0 Å². The molecule has 0 bridgehead atoms. The average Bonchev–Trinajstić information content (AvgIpc) is 2.03. The number of ether oxygens (including phenoxy) is 1. The van der Waals surface area contributed by atoms with Gasteiger partial charge in [-0.25, -0.2) is 5.53 Å². The van der Waals surface area contributed by atoms with E-state index in [0.717, 1.165) is 11.1 Å². The Hall–Kier alpha value is -1.38. The Morgan fingerprint density at radius 2 is 2.00 bits per heavy atom. The Morgan fingerprint density at radius 3 is 2.50 bits per heavy atom. The quantitative estimate of drug-likeness (QED) is 0.671. The predicted octanol–water partition coefficient (Wildman–Crippen LogP) is 2.97. The average molecular weight is 164 g/mol. The van der Waals surface area contributed by atoms with Gasteiger partial charge in [0.1, 0.15) is 11.4 Å². The lowest BCUT2D eigenvalue weighted by atomic mass is 10.1. The van der Waals surface area contributed by atoms with E-state index < -0.39 is 0 Å². The van der Waals surface area contributed by atoms with E-state index in [1.807, 2.05) is 26.0 Å². The molecule has 0 aromatic heterocycles. The third kappa shape index (κ3) is 1.44. The number of hydrogen-bond acceptors (Lipinski definition) is 3. The summed E-state index contributed by atoms with van der Waals surface area (Å²) < 4.78 is 5.08. The molecule has 12 heavy (non-hydrogen) atoms. The van der Waals surface area contributed by atoms with E-state index in [1.54, 1.807) is 7.11 Å². The molecule has 0 aliphatic heterocycles. The summed E-state index contributed by atoms with van der Waals surface area (Å²) in [6.07, 6.45) is 0. The lowest BCUT2D eigenvalue weighted by molar-refractivity contribution is 0.415. The predicted molar refractivity (Wildman–Crippen MR) is 47.3 cm³/mol. The number of hydrogen-bond donors (Lipinski definition) is 1. The van der Waals surface area contributed by atoms with Crippen LogP contribution < -0.4 is 4.74 Å². The van der Waals surface area contributed by atoms with Crippen LogP contribution in [-0.2, 0) is 0 Å². The fourth-order valence-corrected chi connectivity index (χ4v) is 1.22. The normalized spacial score (nSPS) is 9.58. The molecule has 1 N–H and O–H groups in total. The molecule has 0 heterocycles. The molecule has 0 aliphatic rings. The summed E-state index contributed by atoms with van der Waals surface area (Å²) in [5.74, 6) is 0.669. The summed E-state index contributed by atoms with van der Waals surface area (Å²) in [6.45, 7) is 3.91. The minimum absolute atomic E-state index is 0.614. The smallest absolute Gasteiger partial charge is 0.146 e. The third-order valence-electron chi connectivity index (χ3n) is 1.74. The van der Waals surface area contributed by atoms with E-state index in [0.29, 0.717) is 11.4 Å². The lowest BCUT2D eigenvalue weighted by Gasteiger charge is -2.06. The highest BCUT2D eigenvalue weighted by Crippen LogP contribution is 2.31. The van der Waals surface area contributed by atoms with Gasteiger partial charge < -0.3 is 4.74 Å². The second-order valence-electron chi connectivity index (χ2n) is 2.74. The molecule has 3 nitrogen and oxygen atoms in total. The Morgan fingerprint density at radius 1 is 1.33 bits per heavy atom. The van der Waals surface area contributed by atoms with Crippen molar-refractivity contribution in [3.05, 3.63) is 23.3 Å². The molecule has 0 fully saturated rings. The number of nitrogens with zero attached hydrogens (tertiary/aromatic N) is 1. The molecular formula is C9H12N2O. The maximum atomic E-state index is 6.94. The number of rotatable bonds is 2. The van der Waals surface area contributed by atoms with Crippen molar-refractivity contribution < 1.29 is 4.74 Å². The number of nitrogens with one attached hydrogen (secondary N) is 1. The van der Waals surface area contributed by atoms with Gasteiger partial charge in [-0.2, -0.15) is 5.11 Å². The SMILES string of the molecule is COc1cc(C)cc(C)c1N=N. The van der Waals surface area contributed by atoms with Gasteiger partial charge in [-0.15, -0.1) is 0 Å². The summed E-state index contributed by atoms with van der Waals surface area (Å²) in [5.41, 5.74) is 9.65. The maximum absolute atomic E-state index is 6.94.